The van der Waals surface area contributed by atoms with E-state index in [0.29, 0.717) is 5.56 Å². The van der Waals surface area contributed by atoms with Gasteiger partial charge in [0.25, 0.3) is 5.91 Å². The number of carbonyl (C=O) groups excluding carboxylic acids is 1. The molecule has 0 fully saturated rings. The first-order valence-electron chi connectivity index (χ1n) is 6.18. The highest BCUT2D eigenvalue weighted by Gasteiger charge is 2.23. The Morgan fingerprint density at radius 1 is 1.25 bits per heavy atom. The molecule has 7 heteroatoms. The molecule has 3 N–H and O–H groups in total. The molecule has 0 unspecified atom stereocenters. The Hall–Kier alpha value is -1.60. The van der Waals surface area contributed by atoms with E-state index in [9.17, 15) is 13.2 Å². The van der Waals surface area contributed by atoms with E-state index in [2.05, 4.69) is 15.4 Å². The zero-order valence-corrected chi connectivity index (χ0v) is 13.0. The van der Waals surface area contributed by atoms with Crippen LogP contribution in [0.4, 0.5) is 5.69 Å². The fourth-order valence-corrected chi connectivity index (χ4v) is 2.91. The number of nitrogens with one attached hydrogen (secondary N) is 3. The van der Waals surface area contributed by atoms with Crippen molar-refractivity contribution in [3.8, 4) is 0 Å². The third-order valence-electron chi connectivity index (χ3n) is 2.59. The Kier molecular flexibility index (Phi) is 5.13. The summed E-state index contributed by atoms with van der Waals surface area (Å²) in [6.45, 7) is 3.60. The number of hydrogen-bond donors (Lipinski definition) is 3. The molecule has 0 aliphatic carbocycles. The van der Waals surface area contributed by atoms with Crippen LogP contribution in [0.1, 0.15) is 24.2 Å². The average molecular weight is 299 g/mol. The molecule has 1 aromatic carbocycles. The van der Waals surface area contributed by atoms with E-state index in [1.807, 2.05) is 6.07 Å². The summed E-state index contributed by atoms with van der Waals surface area (Å²) in [6.07, 6.45) is 1.09. The molecule has 0 heterocycles. The number of sulfonamides is 1. The lowest BCUT2D eigenvalue weighted by molar-refractivity contribution is 0.0945. The summed E-state index contributed by atoms with van der Waals surface area (Å²) in [5, 5.41) is 5.67. The molecule has 1 amide bonds. The molecule has 0 aromatic heterocycles. The van der Waals surface area contributed by atoms with Gasteiger partial charge in [0.15, 0.2) is 0 Å². The summed E-state index contributed by atoms with van der Waals surface area (Å²) in [4.78, 5) is 12.1. The van der Waals surface area contributed by atoms with Gasteiger partial charge in [0.2, 0.25) is 10.0 Å². The van der Waals surface area contributed by atoms with E-state index in [4.69, 9.17) is 0 Å². The normalized spacial score (nSPS) is 12.0. The number of anilines is 1. The fourth-order valence-electron chi connectivity index (χ4n) is 1.83. The van der Waals surface area contributed by atoms with Crippen molar-refractivity contribution in [2.45, 2.75) is 19.4 Å². The maximum atomic E-state index is 12.1. The van der Waals surface area contributed by atoms with Crippen molar-refractivity contribution in [2.24, 2.45) is 0 Å². The van der Waals surface area contributed by atoms with Gasteiger partial charge in [-0.2, -0.15) is 0 Å². The summed E-state index contributed by atoms with van der Waals surface area (Å²) in [5.74, 6) is -0.252. The van der Waals surface area contributed by atoms with Crippen molar-refractivity contribution in [1.82, 2.24) is 10.0 Å². The first-order valence-corrected chi connectivity index (χ1v) is 8.08. The van der Waals surface area contributed by atoms with Gasteiger partial charge in [-0.15, -0.1) is 0 Å². The molecule has 0 bridgehead atoms. The topological polar surface area (TPSA) is 87.3 Å². The van der Waals surface area contributed by atoms with Gasteiger partial charge in [0, 0.05) is 24.8 Å². The smallest absolute Gasteiger partial charge is 0.253 e. The highest BCUT2D eigenvalue weighted by atomic mass is 32.2. The minimum atomic E-state index is -3.32. The number of rotatable bonds is 6. The van der Waals surface area contributed by atoms with E-state index in [0.717, 1.165) is 11.9 Å². The third kappa shape index (κ3) is 5.18. The Labute approximate surface area is 120 Å². The van der Waals surface area contributed by atoms with Crippen molar-refractivity contribution >= 4 is 21.6 Å². The van der Waals surface area contributed by atoms with Crippen molar-refractivity contribution < 1.29 is 13.2 Å². The van der Waals surface area contributed by atoms with Gasteiger partial charge in [-0.3, -0.25) is 4.79 Å². The van der Waals surface area contributed by atoms with Crippen LogP contribution < -0.4 is 15.4 Å². The molecule has 0 radical (unpaired) electrons. The van der Waals surface area contributed by atoms with E-state index >= 15 is 0 Å². The minimum Gasteiger partial charge on any atom is -0.387 e. The quantitative estimate of drug-likeness (QED) is 0.724. The maximum absolute atomic E-state index is 12.1. The van der Waals surface area contributed by atoms with Crippen molar-refractivity contribution in [3.05, 3.63) is 29.8 Å². The molecule has 1 rings (SSSR count). The van der Waals surface area contributed by atoms with Crippen LogP contribution in [0.5, 0.6) is 0 Å². The van der Waals surface area contributed by atoms with E-state index in [1.54, 1.807) is 39.1 Å². The molecule has 0 aliphatic heterocycles. The number of amides is 1. The lowest BCUT2D eigenvalue weighted by Crippen LogP contribution is -2.51. The molecule has 112 valence electrons. The first-order chi connectivity index (χ1) is 9.14. The van der Waals surface area contributed by atoms with Crippen LogP contribution in [-0.2, 0) is 10.0 Å². The zero-order valence-electron chi connectivity index (χ0n) is 12.1. The largest absolute Gasteiger partial charge is 0.387 e. The third-order valence-corrected chi connectivity index (χ3v) is 3.52. The lowest BCUT2D eigenvalue weighted by atomic mass is 10.1. The van der Waals surface area contributed by atoms with Crippen molar-refractivity contribution in [3.63, 3.8) is 0 Å². The van der Waals surface area contributed by atoms with Crippen LogP contribution in [-0.4, -0.2) is 39.7 Å². The lowest BCUT2D eigenvalue weighted by Gasteiger charge is -2.25. The van der Waals surface area contributed by atoms with E-state index in [1.165, 1.54) is 0 Å². The SMILES string of the molecule is CNc1ccccc1C(=O)NCC(C)(C)NS(C)(=O)=O. The van der Waals surface area contributed by atoms with Crippen LogP contribution in [0.2, 0.25) is 0 Å². The minimum absolute atomic E-state index is 0.191. The summed E-state index contributed by atoms with van der Waals surface area (Å²) in [6, 6.07) is 7.11. The second-order valence-corrected chi connectivity index (χ2v) is 6.98. The number of carbonyl (C=O) groups is 1. The van der Waals surface area contributed by atoms with Crippen LogP contribution in [0.15, 0.2) is 24.3 Å². The second kappa shape index (κ2) is 6.23. The van der Waals surface area contributed by atoms with Gasteiger partial charge in [-0.1, -0.05) is 12.1 Å². The molecule has 0 saturated carbocycles. The van der Waals surface area contributed by atoms with E-state index < -0.39 is 15.6 Å². The molecule has 0 saturated heterocycles. The Morgan fingerprint density at radius 2 is 1.85 bits per heavy atom. The van der Waals surface area contributed by atoms with Crippen LogP contribution in [0, 0.1) is 0 Å². The molecule has 20 heavy (non-hydrogen) atoms. The Morgan fingerprint density at radius 3 is 2.40 bits per heavy atom. The van der Waals surface area contributed by atoms with Gasteiger partial charge in [0.1, 0.15) is 0 Å². The molecule has 0 spiro atoms. The number of hydrogen-bond acceptors (Lipinski definition) is 4. The molecule has 1 aromatic rings. The predicted octanol–water partition coefficient (Wildman–Crippen LogP) is 0.786. The van der Waals surface area contributed by atoms with Crippen molar-refractivity contribution in [2.75, 3.05) is 25.2 Å². The molecule has 6 nitrogen and oxygen atoms in total. The van der Waals surface area contributed by atoms with Gasteiger partial charge >= 0.3 is 0 Å². The zero-order chi connectivity index (χ0) is 15.4. The first kappa shape index (κ1) is 16.5. The average Bonchev–Trinajstić information content (AvgIpc) is 2.33. The van der Waals surface area contributed by atoms with Crippen LogP contribution >= 0.6 is 0 Å². The number of para-hydroxylation sites is 1. The van der Waals surface area contributed by atoms with Gasteiger partial charge in [-0.05, 0) is 26.0 Å². The molecular weight excluding hydrogens is 278 g/mol. The molecular formula is C13H21N3O3S. The summed E-state index contributed by atoms with van der Waals surface area (Å²) < 4.78 is 24.9. The molecule has 0 aliphatic rings. The highest BCUT2D eigenvalue weighted by molar-refractivity contribution is 7.88. The van der Waals surface area contributed by atoms with E-state index in [-0.39, 0.29) is 12.5 Å². The Bertz CT molecular complexity index is 582. The van der Waals surface area contributed by atoms with Crippen molar-refractivity contribution in [1.29, 1.82) is 0 Å². The monoisotopic (exact) mass is 299 g/mol. The van der Waals surface area contributed by atoms with Gasteiger partial charge < -0.3 is 10.6 Å². The second-order valence-electron chi connectivity index (χ2n) is 5.24. The fraction of sp³-hybridized carbons (Fsp3) is 0.462. The van der Waals surface area contributed by atoms with Crippen LogP contribution in [0.3, 0.4) is 0 Å². The van der Waals surface area contributed by atoms with Gasteiger partial charge in [-0.25, -0.2) is 13.1 Å². The maximum Gasteiger partial charge on any atom is 0.253 e. The Balaban J connectivity index is 2.72. The summed E-state index contributed by atoms with van der Waals surface area (Å²) in [7, 11) is -1.58. The van der Waals surface area contributed by atoms with Gasteiger partial charge in [0.05, 0.1) is 11.8 Å². The standard InChI is InChI=1S/C13H21N3O3S/c1-13(2,16-20(4,18)19)9-15-12(17)10-7-5-6-8-11(10)14-3/h5-8,14,16H,9H2,1-4H3,(H,15,17). The highest BCUT2D eigenvalue weighted by Crippen LogP contribution is 2.14. The summed E-state index contributed by atoms with van der Waals surface area (Å²) >= 11 is 0. The molecule has 0 atom stereocenters. The predicted molar refractivity (Wildman–Crippen MR) is 80.4 cm³/mol. The van der Waals surface area contributed by atoms with Crippen LogP contribution in [0.25, 0.3) is 0 Å². The summed E-state index contributed by atoms with van der Waals surface area (Å²) in [5.41, 5.74) is 0.488. The number of benzene rings is 1.